The fourth-order valence-corrected chi connectivity index (χ4v) is 1.54. The van der Waals surface area contributed by atoms with Crippen molar-refractivity contribution in [3.63, 3.8) is 0 Å². The van der Waals surface area contributed by atoms with Crippen molar-refractivity contribution in [1.29, 1.82) is 0 Å². The van der Waals surface area contributed by atoms with Crippen molar-refractivity contribution in [2.45, 2.75) is 19.8 Å². The molecule has 0 N–H and O–H groups in total. The molecule has 0 aliphatic carbocycles. The van der Waals surface area contributed by atoms with Crippen LogP contribution in [0.25, 0.3) is 6.08 Å². The second kappa shape index (κ2) is 6.66. The third-order valence-corrected chi connectivity index (χ3v) is 2.33. The molecule has 0 fully saturated rings. The van der Waals surface area contributed by atoms with Gasteiger partial charge in [0.25, 0.3) is 0 Å². The second-order valence-electron chi connectivity index (χ2n) is 3.90. The van der Waals surface area contributed by atoms with Gasteiger partial charge in [0.2, 0.25) is 0 Å². The average molecular weight is 210 g/mol. The SMILES string of the molecule is C=C=C/C=C\C=C\c1ccccc1C(C)C. The van der Waals surface area contributed by atoms with Gasteiger partial charge in [-0.25, -0.2) is 0 Å². The topological polar surface area (TPSA) is 0 Å². The van der Waals surface area contributed by atoms with E-state index in [2.05, 4.69) is 56.5 Å². The molecule has 0 nitrogen and oxygen atoms in total. The zero-order chi connectivity index (χ0) is 11.8. The minimum atomic E-state index is 0.554. The molecular formula is C16H18. The number of benzene rings is 1. The summed E-state index contributed by atoms with van der Waals surface area (Å²) in [5, 5.41) is 0. The van der Waals surface area contributed by atoms with Crippen LogP contribution < -0.4 is 0 Å². The maximum atomic E-state index is 3.50. The van der Waals surface area contributed by atoms with Crippen molar-refractivity contribution in [2.24, 2.45) is 0 Å². The molecule has 0 aliphatic rings. The zero-order valence-electron chi connectivity index (χ0n) is 9.98. The molecular weight excluding hydrogens is 192 g/mol. The fourth-order valence-electron chi connectivity index (χ4n) is 1.54. The van der Waals surface area contributed by atoms with Crippen LogP contribution in [0.15, 0.2) is 60.9 Å². The molecule has 0 spiro atoms. The lowest BCUT2D eigenvalue weighted by Crippen LogP contribution is -1.90. The molecule has 1 rings (SSSR count). The molecule has 0 heterocycles. The Morgan fingerprint density at radius 3 is 2.56 bits per heavy atom. The van der Waals surface area contributed by atoms with E-state index in [4.69, 9.17) is 0 Å². The molecule has 0 bridgehead atoms. The lowest BCUT2D eigenvalue weighted by Gasteiger charge is -2.08. The Morgan fingerprint density at radius 2 is 1.88 bits per heavy atom. The first kappa shape index (κ1) is 12.3. The van der Waals surface area contributed by atoms with Gasteiger partial charge >= 0.3 is 0 Å². The van der Waals surface area contributed by atoms with Crippen LogP contribution in [0.4, 0.5) is 0 Å². The molecule has 82 valence electrons. The van der Waals surface area contributed by atoms with Crippen LogP contribution in [0.5, 0.6) is 0 Å². The summed E-state index contributed by atoms with van der Waals surface area (Å²) in [5.74, 6) is 0.554. The Hall–Kier alpha value is -1.78. The summed E-state index contributed by atoms with van der Waals surface area (Å²) in [6.45, 7) is 7.92. The summed E-state index contributed by atoms with van der Waals surface area (Å²) in [4.78, 5) is 0. The van der Waals surface area contributed by atoms with Crippen LogP contribution in [-0.2, 0) is 0 Å². The van der Waals surface area contributed by atoms with Crippen LogP contribution in [-0.4, -0.2) is 0 Å². The first-order valence-electron chi connectivity index (χ1n) is 5.53. The highest BCUT2D eigenvalue weighted by atomic mass is 14.1. The highest BCUT2D eigenvalue weighted by molar-refractivity contribution is 5.56. The van der Waals surface area contributed by atoms with Crippen molar-refractivity contribution in [2.75, 3.05) is 0 Å². The van der Waals surface area contributed by atoms with Gasteiger partial charge in [0.15, 0.2) is 0 Å². The Labute approximate surface area is 98.3 Å². The van der Waals surface area contributed by atoms with Crippen LogP contribution in [0.3, 0.4) is 0 Å². The van der Waals surface area contributed by atoms with Crippen molar-refractivity contribution in [3.8, 4) is 0 Å². The summed E-state index contributed by atoms with van der Waals surface area (Å²) in [6.07, 6.45) is 9.85. The van der Waals surface area contributed by atoms with Crippen molar-refractivity contribution < 1.29 is 0 Å². The van der Waals surface area contributed by atoms with Gasteiger partial charge in [-0.05, 0) is 23.1 Å². The summed E-state index contributed by atoms with van der Waals surface area (Å²) < 4.78 is 0. The molecule has 1 aromatic rings. The normalized spacial score (nSPS) is 11.2. The van der Waals surface area contributed by atoms with E-state index in [1.54, 1.807) is 6.08 Å². The quantitative estimate of drug-likeness (QED) is 0.498. The van der Waals surface area contributed by atoms with Crippen LogP contribution in [0.1, 0.15) is 30.9 Å². The standard InChI is InChI=1S/C16H18/c1-4-5-6-7-8-11-15-12-9-10-13-16(15)14(2)3/h5-14H,1H2,2-3H3/b7-6-,11-8+. The predicted molar refractivity (Wildman–Crippen MR) is 72.4 cm³/mol. The maximum Gasteiger partial charge on any atom is -0.0206 e. The zero-order valence-corrected chi connectivity index (χ0v) is 9.98. The van der Waals surface area contributed by atoms with E-state index in [-0.39, 0.29) is 0 Å². The fraction of sp³-hybridized carbons (Fsp3) is 0.188. The second-order valence-corrected chi connectivity index (χ2v) is 3.90. The Kier molecular flexibility index (Phi) is 5.11. The Bertz CT molecular complexity index is 427. The largest absolute Gasteiger partial charge is 0.129 e. The molecule has 0 aliphatic heterocycles. The molecule has 16 heavy (non-hydrogen) atoms. The summed E-state index contributed by atoms with van der Waals surface area (Å²) in [7, 11) is 0. The highest BCUT2D eigenvalue weighted by Crippen LogP contribution is 2.20. The van der Waals surface area contributed by atoms with Crippen molar-refractivity contribution >= 4 is 6.08 Å². The van der Waals surface area contributed by atoms with Gasteiger partial charge in [-0.1, -0.05) is 69.0 Å². The van der Waals surface area contributed by atoms with Gasteiger partial charge in [-0.3, -0.25) is 0 Å². The monoisotopic (exact) mass is 210 g/mol. The van der Waals surface area contributed by atoms with Gasteiger partial charge in [-0.2, -0.15) is 0 Å². The van der Waals surface area contributed by atoms with E-state index in [9.17, 15) is 0 Å². The van der Waals surface area contributed by atoms with Gasteiger partial charge in [0.05, 0.1) is 0 Å². The molecule has 0 saturated carbocycles. The molecule has 1 aromatic carbocycles. The summed E-state index contributed by atoms with van der Waals surface area (Å²) >= 11 is 0. The average Bonchev–Trinajstić information content (AvgIpc) is 2.29. The number of allylic oxidation sites excluding steroid dienone is 4. The van der Waals surface area contributed by atoms with Gasteiger partial charge in [0, 0.05) is 0 Å². The van der Waals surface area contributed by atoms with E-state index >= 15 is 0 Å². The predicted octanol–water partition coefficient (Wildman–Crippen LogP) is 4.72. The van der Waals surface area contributed by atoms with Gasteiger partial charge < -0.3 is 0 Å². The molecule has 0 unspecified atom stereocenters. The lowest BCUT2D eigenvalue weighted by molar-refractivity contribution is 0.864. The molecule has 0 saturated heterocycles. The van der Waals surface area contributed by atoms with Crippen LogP contribution in [0, 0.1) is 0 Å². The number of hydrogen-bond donors (Lipinski definition) is 0. The van der Waals surface area contributed by atoms with Gasteiger partial charge in [-0.15, -0.1) is 5.73 Å². The van der Waals surface area contributed by atoms with Crippen LogP contribution in [0.2, 0.25) is 0 Å². The molecule has 0 aromatic heterocycles. The van der Waals surface area contributed by atoms with Crippen molar-refractivity contribution in [3.05, 3.63) is 72.0 Å². The lowest BCUT2D eigenvalue weighted by atomic mass is 9.97. The molecule has 0 atom stereocenters. The van der Waals surface area contributed by atoms with E-state index in [1.807, 2.05) is 18.2 Å². The highest BCUT2D eigenvalue weighted by Gasteiger charge is 2.01. The van der Waals surface area contributed by atoms with Crippen LogP contribution >= 0.6 is 0 Å². The van der Waals surface area contributed by atoms with E-state index in [0.717, 1.165) is 0 Å². The third-order valence-electron chi connectivity index (χ3n) is 2.33. The Morgan fingerprint density at radius 1 is 1.12 bits per heavy atom. The summed E-state index contributed by atoms with van der Waals surface area (Å²) in [6, 6.07) is 8.47. The minimum Gasteiger partial charge on any atom is -0.129 e. The first-order valence-corrected chi connectivity index (χ1v) is 5.53. The van der Waals surface area contributed by atoms with Gasteiger partial charge in [0.1, 0.15) is 0 Å². The molecule has 0 heteroatoms. The minimum absolute atomic E-state index is 0.554. The maximum absolute atomic E-state index is 3.50. The molecule has 0 radical (unpaired) electrons. The summed E-state index contributed by atoms with van der Waals surface area (Å²) in [5.41, 5.74) is 5.36. The smallest absolute Gasteiger partial charge is 0.0206 e. The van der Waals surface area contributed by atoms with Crippen molar-refractivity contribution in [1.82, 2.24) is 0 Å². The van der Waals surface area contributed by atoms with E-state index in [1.165, 1.54) is 11.1 Å². The number of hydrogen-bond acceptors (Lipinski definition) is 0. The Balaban J connectivity index is 2.84. The first-order chi connectivity index (χ1) is 7.75. The number of rotatable bonds is 4. The van der Waals surface area contributed by atoms with E-state index in [0.29, 0.717) is 5.92 Å². The van der Waals surface area contributed by atoms with E-state index < -0.39 is 0 Å². The third kappa shape index (κ3) is 3.76. The molecule has 0 amide bonds.